The van der Waals surface area contributed by atoms with Gasteiger partial charge < -0.3 is 4.74 Å². The molecule has 1 heterocycles. The van der Waals surface area contributed by atoms with Crippen molar-refractivity contribution in [2.75, 3.05) is 7.11 Å². The summed E-state index contributed by atoms with van der Waals surface area (Å²) in [4.78, 5) is 4.71. The summed E-state index contributed by atoms with van der Waals surface area (Å²) in [6, 6.07) is 18.4. The van der Waals surface area contributed by atoms with Crippen molar-refractivity contribution < 1.29 is 4.74 Å². The van der Waals surface area contributed by atoms with Gasteiger partial charge in [-0.05, 0) is 17.7 Å². The third-order valence-corrected chi connectivity index (χ3v) is 4.06. The number of nitrogens with zero attached hydrogens (tertiary/aromatic N) is 1. The first-order valence-electron chi connectivity index (χ1n) is 6.48. The zero-order valence-electron chi connectivity index (χ0n) is 11.2. The van der Waals surface area contributed by atoms with Crippen LogP contribution in [0.1, 0.15) is 11.3 Å². The van der Waals surface area contributed by atoms with E-state index in [4.69, 9.17) is 9.72 Å². The Bertz CT molecular complexity index is 674. The molecule has 0 saturated carbocycles. The van der Waals surface area contributed by atoms with Gasteiger partial charge in [0.2, 0.25) is 0 Å². The molecule has 0 amide bonds. The Morgan fingerprint density at radius 1 is 1.00 bits per heavy atom. The smallest absolute Gasteiger partial charge is 0.123 e. The number of hydrogen-bond donors (Lipinski definition) is 0. The molecule has 2 aromatic carbocycles. The highest BCUT2D eigenvalue weighted by molar-refractivity contribution is 7.13. The SMILES string of the molecule is COc1ccc(Cc2csc(-c3ccccc3)n2)cc1. The molecule has 100 valence electrons. The Labute approximate surface area is 122 Å². The number of benzene rings is 2. The quantitative estimate of drug-likeness (QED) is 0.706. The van der Waals surface area contributed by atoms with Crippen LogP contribution in [0.15, 0.2) is 60.0 Å². The summed E-state index contributed by atoms with van der Waals surface area (Å²) < 4.78 is 5.17. The van der Waals surface area contributed by atoms with Gasteiger partial charge in [0.15, 0.2) is 0 Å². The van der Waals surface area contributed by atoms with E-state index in [1.807, 2.05) is 30.3 Å². The number of thiazole rings is 1. The second-order valence-electron chi connectivity index (χ2n) is 4.53. The van der Waals surface area contributed by atoms with E-state index < -0.39 is 0 Å². The summed E-state index contributed by atoms with van der Waals surface area (Å²) >= 11 is 1.69. The molecule has 3 heteroatoms. The van der Waals surface area contributed by atoms with Crippen LogP contribution in [0.5, 0.6) is 5.75 Å². The molecule has 0 aliphatic carbocycles. The molecule has 0 bridgehead atoms. The average Bonchev–Trinajstić information content (AvgIpc) is 2.97. The highest BCUT2D eigenvalue weighted by atomic mass is 32.1. The van der Waals surface area contributed by atoms with Gasteiger partial charge in [-0.25, -0.2) is 4.98 Å². The molecule has 0 atom stereocenters. The summed E-state index contributed by atoms with van der Waals surface area (Å²) in [5.74, 6) is 0.886. The Morgan fingerprint density at radius 3 is 2.45 bits per heavy atom. The van der Waals surface area contributed by atoms with Gasteiger partial charge in [0.25, 0.3) is 0 Å². The molecule has 0 fully saturated rings. The van der Waals surface area contributed by atoms with Crippen molar-refractivity contribution in [3.63, 3.8) is 0 Å². The molecule has 0 spiro atoms. The summed E-state index contributed by atoms with van der Waals surface area (Å²) in [6.07, 6.45) is 0.854. The summed E-state index contributed by atoms with van der Waals surface area (Å²) in [5, 5.41) is 3.21. The van der Waals surface area contributed by atoms with E-state index in [1.54, 1.807) is 18.4 Å². The third kappa shape index (κ3) is 2.89. The second kappa shape index (κ2) is 5.88. The molecule has 20 heavy (non-hydrogen) atoms. The normalized spacial score (nSPS) is 10.4. The van der Waals surface area contributed by atoms with Gasteiger partial charge in [-0.3, -0.25) is 0 Å². The zero-order valence-corrected chi connectivity index (χ0v) is 12.1. The van der Waals surface area contributed by atoms with Crippen molar-refractivity contribution in [2.45, 2.75) is 6.42 Å². The molecule has 3 rings (SSSR count). The van der Waals surface area contributed by atoms with Gasteiger partial charge in [-0.1, -0.05) is 42.5 Å². The lowest BCUT2D eigenvalue weighted by molar-refractivity contribution is 0.414. The number of aromatic nitrogens is 1. The van der Waals surface area contributed by atoms with E-state index in [9.17, 15) is 0 Å². The number of ether oxygens (including phenoxy) is 1. The van der Waals surface area contributed by atoms with E-state index in [1.165, 1.54) is 11.1 Å². The van der Waals surface area contributed by atoms with Gasteiger partial charge >= 0.3 is 0 Å². The molecule has 0 aliphatic heterocycles. The van der Waals surface area contributed by atoms with Crippen LogP contribution in [0.4, 0.5) is 0 Å². The van der Waals surface area contributed by atoms with Crippen LogP contribution >= 0.6 is 11.3 Å². The maximum Gasteiger partial charge on any atom is 0.123 e. The summed E-state index contributed by atoms with van der Waals surface area (Å²) in [7, 11) is 1.68. The van der Waals surface area contributed by atoms with Gasteiger partial charge in [-0.2, -0.15) is 0 Å². The number of hydrogen-bond acceptors (Lipinski definition) is 3. The fraction of sp³-hybridized carbons (Fsp3) is 0.118. The fourth-order valence-electron chi connectivity index (χ4n) is 2.05. The van der Waals surface area contributed by atoms with Crippen LogP contribution in [0.3, 0.4) is 0 Å². The van der Waals surface area contributed by atoms with Crippen molar-refractivity contribution in [3.05, 3.63) is 71.2 Å². The summed E-state index contributed by atoms with van der Waals surface area (Å²) in [6.45, 7) is 0. The Balaban J connectivity index is 1.77. The van der Waals surface area contributed by atoms with Gasteiger partial charge in [0.1, 0.15) is 10.8 Å². The minimum Gasteiger partial charge on any atom is -0.497 e. The van der Waals surface area contributed by atoms with Crippen LogP contribution in [0, 0.1) is 0 Å². The van der Waals surface area contributed by atoms with E-state index >= 15 is 0 Å². The molecule has 0 unspecified atom stereocenters. The fourth-order valence-corrected chi connectivity index (χ4v) is 2.88. The molecular formula is C17H15NOS. The Kier molecular flexibility index (Phi) is 3.79. The van der Waals surface area contributed by atoms with Gasteiger partial charge in [0.05, 0.1) is 12.8 Å². The zero-order chi connectivity index (χ0) is 13.8. The van der Waals surface area contributed by atoms with Crippen LogP contribution in [0.2, 0.25) is 0 Å². The largest absolute Gasteiger partial charge is 0.497 e. The summed E-state index contributed by atoms with van der Waals surface area (Å²) in [5.41, 5.74) is 3.54. The molecule has 0 N–H and O–H groups in total. The molecular weight excluding hydrogens is 266 g/mol. The Morgan fingerprint density at radius 2 is 1.75 bits per heavy atom. The maximum absolute atomic E-state index is 5.17. The van der Waals surface area contributed by atoms with Crippen LogP contribution in [-0.2, 0) is 6.42 Å². The lowest BCUT2D eigenvalue weighted by atomic mass is 10.1. The van der Waals surface area contributed by atoms with Gasteiger partial charge in [-0.15, -0.1) is 11.3 Å². The molecule has 1 aromatic heterocycles. The molecule has 0 saturated heterocycles. The minimum absolute atomic E-state index is 0.854. The van der Waals surface area contributed by atoms with E-state index in [0.29, 0.717) is 0 Å². The van der Waals surface area contributed by atoms with Crippen molar-refractivity contribution in [3.8, 4) is 16.3 Å². The molecule has 0 radical (unpaired) electrons. The number of methoxy groups -OCH3 is 1. The standard InChI is InChI=1S/C17H15NOS/c1-19-16-9-7-13(8-10-16)11-15-12-20-17(18-15)14-5-3-2-4-6-14/h2-10,12H,11H2,1H3. The first kappa shape index (κ1) is 12.9. The predicted molar refractivity (Wildman–Crippen MR) is 83.4 cm³/mol. The van der Waals surface area contributed by atoms with E-state index in [-0.39, 0.29) is 0 Å². The van der Waals surface area contributed by atoms with Crippen molar-refractivity contribution in [1.29, 1.82) is 0 Å². The van der Waals surface area contributed by atoms with Crippen molar-refractivity contribution in [1.82, 2.24) is 4.98 Å². The van der Waals surface area contributed by atoms with Crippen molar-refractivity contribution in [2.24, 2.45) is 0 Å². The maximum atomic E-state index is 5.17. The van der Waals surface area contributed by atoms with Crippen LogP contribution in [0.25, 0.3) is 10.6 Å². The highest BCUT2D eigenvalue weighted by Gasteiger charge is 2.05. The van der Waals surface area contributed by atoms with E-state index in [0.717, 1.165) is 22.9 Å². The first-order chi connectivity index (χ1) is 9.85. The minimum atomic E-state index is 0.854. The van der Waals surface area contributed by atoms with E-state index in [2.05, 4.69) is 29.6 Å². The monoisotopic (exact) mass is 281 g/mol. The second-order valence-corrected chi connectivity index (χ2v) is 5.39. The Hall–Kier alpha value is -2.13. The third-order valence-electron chi connectivity index (χ3n) is 3.12. The average molecular weight is 281 g/mol. The lowest BCUT2D eigenvalue weighted by Gasteiger charge is -2.01. The van der Waals surface area contributed by atoms with Crippen molar-refractivity contribution >= 4 is 11.3 Å². The highest BCUT2D eigenvalue weighted by Crippen LogP contribution is 2.24. The lowest BCUT2D eigenvalue weighted by Crippen LogP contribution is -1.89. The topological polar surface area (TPSA) is 22.1 Å². The van der Waals surface area contributed by atoms with Crippen LogP contribution in [-0.4, -0.2) is 12.1 Å². The first-order valence-corrected chi connectivity index (χ1v) is 7.36. The van der Waals surface area contributed by atoms with Crippen LogP contribution < -0.4 is 4.74 Å². The molecule has 3 aromatic rings. The number of rotatable bonds is 4. The predicted octanol–water partition coefficient (Wildman–Crippen LogP) is 4.41. The molecule has 0 aliphatic rings. The molecule has 2 nitrogen and oxygen atoms in total. The van der Waals surface area contributed by atoms with Gasteiger partial charge in [0, 0.05) is 17.4 Å².